The highest BCUT2D eigenvalue weighted by Gasteiger charge is 2.21. The summed E-state index contributed by atoms with van der Waals surface area (Å²) in [5.41, 5.74) is 2.72. The normalized spacial score (nSPS) is 12.6. The van der Waals surface area contributed by atoms with E-state index in [2.05, 4.69) is 20.6 Å². The van der Waals surface area contributed by atoms with Gasteiger partial charge in [0.1, 0.15) is 11.3 Å². The lowest BCUT2D eigenvalue weighted by atomic mass is 9.97. The Kier molecular flexibility index (Phi) is 5.03. The minimum atomic E-state index is -0.319. The van der Waals surface area contributed by atoms with E-state index in [4.69, 9.17) is 9.15 Å². The molecular weight excluding hydrogens is 344 g/mol. The first kappa shape index (κ1) is 18.7. The van der Waals surface area contributed by atoms with Gasteiger partial charge >= 0.3 is 6.03 Å². The highest BCUT2D eigenvalue weighted by atomic mass is 16.5. The molecular formula is C20H24N4O3. The van der Waals surface area contributed by atoms with Crippen LogP contribution in [0.15, 0.2) is 41.1 Å². The van der Waals surface area contributed by atoms with E-state index in [9.17, 15) is 4.79 Å². The van der Waals surface area contributed by atoms with E-state index >= 15 is 0 Å². The quantitative estimate of drug-likeness (QED) is 0.712. The smallest absolute Gasteiger partial charge is 0.319 e. The minimum absolute atomic E-state index is 0.178. The van der Waals surface area contributed by atoms with Crippen molar-refractivity contribution in [3.63, 3.8) is 0 Å². The number of benzene rings is 1. The standard InChI is InChI=1S/C20H24N4O3/c1-12(14-8-9-21-11-17(14)26-5)22-19(25)23-13-6-7-16-15(10-13)24-18(27-16)20(2,3)4/h6-12H,1-5H3,(H2,22,23,25)/t12-/m0/s1. The van der Waals surface area contributed by atoms with Gasteiger partial charge in [-0.2, -0.15) is 0 Å². The number of oxazole rings is 1. The van der Waals surface area contributed by atoms with Crippen molar-refractivity contribution in [2.75, 3.05) is 12.4 Å². The molecule has 2 N–H and O–H groups in total. The molecule has 0 unspecified atom stereocenters. The highest BCUT2D eigenvalue weighted by Crippen LogP contribution is 2.27. The summed E-state index contributed by atoms with van der Waals surface area (Å²) in [6.45, 7) is 8.01. The van der Waals surface area contributed by atoms with Crippen molar-refractivity contribution in [3.05, 3.63) is 48.1 Å². The molecule has 27 heavy (non-hydrogen) atoms. The van der Waals surface area contributed by atoms with E-state index in [1.165, 1.54) is 0 Å². The molecule has 0 fully saturated rings. The van der Waals surface area contributed by atoms with E-state index in [0.29, 0.717) is 28.4 Å². The third-order valence-corrected chi connectivity index (χ3v) is 4.14. The molecule has 0 saturated heterocycles. The molecule has 2 amide bonds. The Hall–Kier alpha value is -3.09. The maximum atomic E-state index is 12.4. The fourth-order valence-corrected chi connectivity index (χ4v) is 2.69. The first-order valence-electron chi connectivity index (χ1n) is 8.74. The number of methoxy groups -OCH3 is 1. The number of carbonyl (C=O) groups is 1. The van der Waals surface area contributed by atoms with Crippen molar-refractivity contribution in [1.82, 2.24) is 15.3 Å². The predicted octanol–water partition coefficient (Wildman–Crippen LogP) is 4.41. The van der Waals surface area contributed by atoms with Crippen LogP contribution in [0.25, 0.3) is 11.1 Å². The fraction of sp³-hybridized carbons (Fsp3) is 0.350. The Labute approximate surface area is 158 Å². The number of urea groups is 1. The van der Waals surface area contributed by atoms with Crippen molar-refractivity contribution in [3.8, 4) is 5.75 Å². The lowest BCUT2D eigenvalue weighted by molar-refractivity contribution is 0.249. The van der Waals surface area contributed by atoms with E-state index in [0.717, 1.165) is 5.56 Å². The molecule has 0 bridgehead atoms. The van der Waals surface area contributed by atoms with Crippen molar-refractivity contribution < 1.29 is 13.9 Å². The van der Waals surface area contributed by atoms with Crippen molar-refractivity contribution in [2.24, 2.45) is 0 Å². The average Bonchev–Trinajstić information content (AvgIpc) is 3.05. The topological polar surface area (TPSA) is 89.3 Å². The number of anilines is 1. The van der Waals surface area contributed by atoms with Gasteiger partial charge in [-0.25, -0.2) is 9.78 Å². The van der Waals surface area contributed by atoms with Gasteiger partial charge in [-0.05, 0) is 31.2 Å². The summed E-state index contributed by atoms with van der Waals surface area (Å²) >= 11 is 0. The van der Waals surface area contributed by atoms with Gasteiger partial charge in [0.15, 0.2) is 5.58 Å². The molecule has 7 nitrogen and oxygen atoms in total. The van der Waals surface area contributed by atoms with Gasteiger partial charge in [-0.15, -0.1) is 0 Å². The van der Waals surface area contributed by atoms with E-state index in [-0.39, 0.29) is 17.5 Å². The van der Waals surface area contributed by atoms with Crippen LogP contribution in [0, 0.1) is 0 Å². The summed E-state index contributed by atoms with van der Waals surface area (Å²) in [7, 11) is 1.58. The van der Waals surface area contributed by atoms with Crippen LogP contribution in [0.2, 0.25) is 0 Å². The zero-order valence-corrected chi connectivity index (χ0v) is 16.2. The fourth-order valence-electron chi connectivity index (χ4n) is 2.69. The van der Waals surface area contributed by atoms with Gasteiger partial charge in [0.25, 0.3) is 0 Å². The van der Waals surface area contributed by atoms with Crippen LogP contribution in [0.1, 0.15) is 45.2 Å². The number of aromatic nitrogens is 2. The maximum Gasteiger partial charge on any atom is 0.319 e. The Balaban J connectivity index is 1.72. The molecule has 3 aromatic rings. The van der Waals surface area contributed by atoms with Gasteiger partial charge in [-0.1, -0.05) is 20.8 Å². The number of nitrogens with one attached hydrogen (secondary N) is 2. The molecule has 2 aromatic heterocycles. The number of fused-ring (bicyclic) bond motifs is 1. The summed E-state index contributed by atoms with van der Waals surface area (Å²) < 4.78 is 11.1. The molecule has 0 saturated carbocycles. The second-order valence-corrected chi connectivity index (χ2v) is 7.39. The number of hydrogen-bond acceptors (Lipinski definition) is 5. The van der Waals surface area contributed by atoms with Gasteiger partial charge < -0.3 is 19.8 Å². The third kappa shape index (κ3) is 4.19. The van der Waals surface area contributed by atoms with Gasteiger partial charge in [-0.3, -0.25) is 4.98 Å². The lowest BCUT2D eigenvalue weighted by Crippen LogP contribution is -2.31. The third-order valence-electron chi connectivity index (χ3n) is 4.14. The van der Waals surface area contributed by atoms with Gasteiger partial charge in [0.05, 0.1) is 19.3 Å². The van der Waals surface area contributed by atoms with Crippen LogP contribution >= 0.6 is 0 Å². The van der Waals surface area contributed by atoms with Crippen LogP contribution in [0.4, 0.5) is 10.5 Å². The maximum absolute atomic E-state index is 12.4. The van der Waals surface area contributed by atoms with Gasteiger partial charge in [0, 0.05) is 22.9 Å². The number of rotatable bonds is 4. The molecule has 7 heteroatoms. The van der Waals surface area contributed by atoms with Gasteiger partial charge in [0.2, 0.25) is 5.89 Å². The lowest BCUT2D eigenvalue weighted by Gasteiger charge is -2.17. The zero-order chi connectivity index (χ0) is 19.6. The number of nitrogens with zero attached hydrogens (tertiary/aromatic N) is 2. The molecule has 2 heterocycles. The molecule has 3 rings (SSSR count). The molecule has 1 aromatic carbocycles. The zero-order valence-electron chi connectivity index (χ0n) is 16.2. The summed E-state index contributed by atoms with van der Waals surface area (Å²) in [4.78, 5) is 20.9. The number of ether oxygens (including phenoxy) is 1. The van der Waals surface area contributed by atoms with E-state index < -0.39 is 0 Å². The Morgan fingerprint density at radius 1 is 1.26 bits per heavy atom. The van der Waals surface area contributed by atoms with Crippen LogP contribution in [-0.2, 0) is 5.41 Å². The summed E-state index contributed by atoms with van der Waals surface area (Å²) in [6, 6.07) is 6.65. The van der Waals surface area contributed by atoms with Crippen LogP contribution in [0.3, 0.4) is 0 Å². The average molecular weight is 368 g/mol. The minimum Gasteiger partial charge on any atom is -0.495 e. The molecule has 142 valence electrons. The molecule has 0 spiro atoms. The Bertz CT molecular complexity index is 959. The van der Waals surface area contributed by atoms with Crippen LogP contribution < -0.4 is 15.4 Å². The SMILES string of the molecule is COc1cnccc1[C@H](C)NC(=O)Nc1ccc2oc(C(C)(C)C)nc2c1. The Morgan fingerprint density at radius 3 is 2.74 bits per heavy atom. The number of amides is 2. The second-order valence-electron chi connectivity index (χ2n) is 7.39. The molecule has 1 atom stereocenters. The molecule has 0 aliphatic heterocycles. The predicted molar refractivity (Wildman–Crippen MR) is 104 cm³/mol. The van der Waals surface area contributed by atoms with Crippen LogP contribution in [0.5, 0.6) is 5.75 Å². The summed E-state index contributed by atoms with van der Waals surface area (Å²) in [5, 5.41) is 5.73. The summed E-state index contributed by atoms with van der Waals surface area (Å²) in [6.07, 6.45) is 3.29. The molecule has 0 aliphatic carbocycles. The van der Waals surface area contributed by atoms with Crippen molar-refractivity contribution >= 4 is 22.8 Å². The van der Waals surface area contributed by atoms with E-state index in [1.807, 2.05) is 39.8 Å². The Morgan fingerprint density at radius 2 is 2.04 bits per heavy atom. The largest absolute Gasteiger partial charge is 0.495 e. The highest BCUT2D eigenvalue weighted by molar-refractivity contribution is 5.91. The van der Waals surface area contributed by atoms with E-state index in [1.54, 1.807) is 31.6 Å². The van der Waals surface area contributed by atoms with Crippen molar-refractivity contribution in [1.29, 1.82) is 0 Å². The first-order valence-corrected chi connectivity index (χ1v) is 8.74. The molecule has 0 aliphatic rings. The molecule has 0 radical (unpaired) electrons. The summed E-state index contributed by atoms with van der Waals surface area (Å²) in [5.74, 6) is 1.29. The van der Waals surface area contributed by atoms with Crippen molar-refractivity contribution in [2.45, 2.75) is 39.2 Å². The second kappa shape index (κ2) is 7.26. The number of pyridine rings is 1. The monoisotopic (exact) mass is 368 g/mol. The number of hydrogen-bond donors (Lipinski definition) is 2. The first-order chi connectivity index (χ1) is 12.8. The van der Waals surface area contributed by atoms with Crippen LogP contribution in [-0.4, -0.2) is 23.1 Å². The number of carbonyl (C=O) groups excluding carboxylic acids is 1.